The van der Waals surface area contributed by atoms with Gasteiger partial charge in [-0.3, -0.25) is 9.78 Å². The van der Waals surface area contributed by atoms with E-state index in [4.69, 9.17) is 27.9 Å². The van der Waals surface area contributed by atoms with Gasteiger partial charge in [-0.1, -0.05) is 12.1 Å². The molecule has 4 heterocycles. The second-order valence-electron chi connectivity index (χ2n) is 11.4. The molecule has 2 aliphatic heterocycles. The quantitative estimate of drug-likeness (QED) is 0.141. The fourth-order valence-corrected chi connectivity index (χ4v) is 5.72. The standard InChI is InChI=1S/C29H36N12O3/c30-16-8-17(31)12-40(11-16)28-37-27(38-29(39-28)41-13-18(32)9-19(33)14-41)35-20-4-6-22(23(42)10-20)36-26(44)21-5-3-15-2-1-7-34-24(15)25(21)43/h1-7,10,16-19,42-43H,8-9,11-14,30-33H2,(H,36,44)(H,35,37,38,39). The number of nitrogens with zero attached hydrogens (tertiary/aromatic N) is 6. The van der Waals surface area contributed by atoms with Gasteiger partial charge in [-0.25, -0.2) is 0 Å². The molecule has 4 atom stereocenters. The largest absolute Gasteiger partial charge is 0.506 e. The number of pyridine rings is 1. The zero-order valence-electron chi connectivity index (χ0n) is 24.0. The molecule has 15 heteroatoms. The van der Waals surface area contributed by atoms with Gasteiger partial charge in [-0.2, -0.15) is 15.0 Å². The van der Waals surface area contributed by atoms with Gasteiger partial charge < -0.3 is 53.6 Å². The van der Waals surface area contributed by atoms with Crippen molar-refractivity contribution in [2.24, 2.45) is 22.9 Å². The Kier molecular flexibility index (Phi) is 8.01. The highest BCUT2D eigenvalue weighted by atomic mass is 16.3. The zero-order chi connectivity index (χ0) is 31.0. The molecule has 0 radical (unpaired) electrons. The molecule has 6 rings (SSSR count). The lowest BCUT2D eigenvalue weighted by Crippen LogP contribution is -2.54. The molecule has 4 aromatic rings. The summed E-state index contributed by atoms with van der Waals surface area (Å²) in [5.74, 6) is -0.00519. The summed E-state index contributed by atoms with van der Waals surface area (Å²) in [5.41, 5.74) is 25.9. The van der Waals surface area contributed by atoms with Crippen LogP contribution in [-0.2, 0) is 0 Å². The maximum Gasteiger partial charge on any atom is 0.259 e. The first-order valence-electron chi connectivity index (χ1n) is 14.4. The monoisotopic (exact) mass is 600 g/mol. The number of fused-ring (bicyclic) bond motifs is 1. The summed E-state index contributed by atoms with van der Waals surface area (Å²) in [6.45, 7) is 2.14. The molecule has 0 aliphatic carbocycles. The second kappa shape index (κ2) is 12.0. The Morgan fingerprint density at radius 2 is 1.43 bits per heavy atom. The summed E-state index contributed by atoms with van der Waals surface area (Å²) in [6.07, 6.45) is 2.94. The summed E-state index contributed by atoms with van der Waals surface area (Å²) in [6, 6.07) is 10.8. The van der Waals surface area contributed by atoms with E-state index in [0.29, 0.717) is 67.5 Å². The van der Waals surface area contributed by atoms with Crippen LogP contribution in [0.25, 0.3) is 10.9 Å². The Morgan fingerprint density at radius 1 is 0.818 bits per heavy atom. The van der Waals surface area contributed by atoms with Crippen molar-refractivity contribution >= 4 is 46.0 Å². The number of hydrogen-bond acceptors (Lipinski definition) is 14. The third-order valence-electron chi connectivity index (χ3n) is 7.70. The van der Waals surface area contributed by atoms with Crippen LogP contribution in [0.5, 0.6) is 11.5 Å². The molecule has 0 spiro atoms. The number of carbonyl (C=O) groups excluding carboxylic acids is 1. The van der Waals surface area contributed by atoms with Gasteiger partial charge >= 0.3 is 0 Å². The Hall–Kier alpha value is -4.83. The van der Waals surface area contributed by atoms with Crippen LogP contribution >= 0.6 is 0 Å². The van der Waals surface area contributed by atoms with Crippen molar-refractivity contribution < 1.29 is 15.0 Å². The van der Waals surface area contributed by atoms with Crippen LogP contribution < -0.4 is 43.4 Å². The topological polar surface area (TPSA) is 244 Å². The molecule has 230 valence electrons. The lowest BCUT2D eigenvalue weighted by atomic mass is 10.0. The predicted octanol–water partition coefficient (Wildman–Crippen LogP) is 0.556. The van der Waals surface area contributed by atoms with Gasteiger partial charge in [-0.05, 0) is 37.1 Å². The van der Waals surface area contributed by atoms with E-state index in [0.717, 1.165) is 0 Å². The Labute approximate surface area is 253 Å². The zero-order valence-corrected chi connectivity index (χ0v) is 24.0. The number of hydrogen-bond donors (Lipinski definition) is 8. The van der Waals surface area contributed by atoms with E-state index in [1.165, 1.54) is 24.4 Å². The van der Waals surface area contributed by atoms with Crippen molar-refractivity contribution in [1.82, 2.24) is 19.9 Å². The molecule has 12 N–H and O–H groups in total. The number of nitrogens with one attached hydrogen (secondary N) is 2. The number of nitrogens with two attached hydrogens (primary N) is 4. The number of anilines is 5. The van der Waals surface area contributed by atoms with Crippen LogP contribution in [0, 0.1) is 0 Å². The summed E-state index contributed by atoms with van der Waals surface area (Å²) >= 11 is 0. The average Bonchev–Trinajstić information content (AvgIpc) is 2.98. The molecule has 2 aromatic heterocycles. The molecule has 0 saturated carbocycles. The molecule has 1 amide bonds. The minimum absolute atomic E-state index is 0.0253. The first kappa shape index (κ1) is 29.3. The number of rotatable bonds is 6. The van der Waals surface area contributed by atoms with E-state index in [-0.39, 0.29) is 52.9 Å². The third-order valence-corrected chi connectivity index (χ3v) is 7.70. The third kappa shape index (κ3) is 6.26. The SMILES string of the molecule is NC1CC(N)CN(c2nc(Nc3ccc(NC(=O)c4ccc5cccnc5c4O)c(O)c3)nc(N3CC(N)CC(N)C3)n2)C1. The Balaban J connectivity index is 1.25. The van der Waals surface area contributed by atoms with Crippen molar-refractivity contribution in [3.05, 3.63) is 54.2 Å². The minimum Gasteiger partial charge on any atom is -0.506 e. The second-order valence-corrected chi connectivity index (χ2v) is 11.4. The number of phenols is 2. The fourth-order valence-electron chi connectivity index (χ4n) is 5.72. The van der Waals surface area contributed by atoms with E-state index in [1.54, 1.807) is 24.3 Å². The summed E-state index contributed by atoms with van der Waals surface area (Å²) in [4.78, 5) is 35.0. The molecule has 4 unspecified atom stereocenters. The number of aromatic hydroxyl groups is 2. The van der Waals surface area contributed by atoms with E-state index in [2.05, 4.69) is 25.6 Å². The molecule has 44 heavy (non-hydrogen) atoms. The fraction of sp³-hybridized carbons (Fsp3) is 0.345. The smallest absolute Gasteiger partial charge is 0.259 e. The van der Waals surface area contributed by atoms with E-state index < -0.39 is 5.91 Å². The van der Waals surface area contributed by atoms with Crippen LogP contribution in [0.4, 0.5) is 29.2 Å². The lowest BCUT2D eigenvalue weighted by Gasteiger charge is -2.37. The lowest BCUT2D eigenvalue weighted by molar-refractivity contribution is 0.102. The number of aromatic nitrogens is 4. The average molecular weight is 601 g/mol. The highest BCUT2D eigenvalue weighted by Gasteiger charge is 2.29. The molecule has 0 bridgehead atoms. The Bertz CT molecular complexity index is 1620. The Morgan fingerprint density at radius 3 is 2.02 bits per heavy atom. The van der Waals surface area contributed by atoms with Gasteiger partial charge in [-0.15, -0.1) is 0 Å². The minimum atomic E-state index is -0.603. The van der Waals surface area contributed by atoms with Crippen LogP contribution in [0.3, 0.4) is 0 Å². The van der Waals surface area contributed by atoms with E-state index in [1.807, 2.05) is 9.80 Å². The van der Waals surface area contributed by atoms with Gasteiger partial charge in [0, 0.05) is 73.7 Å². The molecule has 15 nitrogen and oxygen atoms in total. The van der Waals surface area contributed by atoms with Crippen LogP contribution in [-0.4, -0.2) is 86.4 Å². The maximum atomic E-state index is 13.0. The summed E-state index contributed by atoms with van der Waals surface area (Å²) in [5, 5.41) is 27.9. The predicted molar refractivity (Wildman–Crippen MR) is 168 cm³/mol. The van der Waals surface area contributed by atoms with Crippen molar-refractivity contribution in [3.8, 4) is 11.5 Å². The van der Waals surface area contributed by atoms with E-state index >= 15 is 0 Å². The van der Waals surface area contributed by atoms with Gasteiger partial charge in [0.05, 0.1) is 11.3 Å². The first-order chi connectivity index (χ1) is 21.1. The molecule has 2 aromatic carbocycles. The molecule has 2 fully saturated rings. The van der Waals surface area contributed by atoms with Crippen LogP contribution in [0.1, 0.15) is 23.2 Å². The van der Waals surface area contributed by atoms with Gasteiger partial charge in [0.1, 0.15) is 11.3 Å². The number of carbonyl (C=O) groups is 1. The van der Waals surface area contributed by atoms with Crippen LogP contribution in [0.15, 0.2) is 48.7 Å². The normalized spacial score (nSPS) is 22.2. The molecular formula is C29H36N12O3. The summed E-state index contributed by atoms with van der Waals surface area (Å²) in [7, 11) is 0. The number of piperidine rings is 2. The first-order valence-corrected chi connectivity index (χ1v) is 14.4. The van der Waals surface area contributed by atoms with Gasteiger partial charge in [0.2, 0.25) is 17.8 Å². The molecule has 2 saturated heterocycles. The van der Waals surface area contributed by atoms with Gasteiger partial charge in [0.25, 0.3) is 5.91 Å². The van der Waals surface area contributed by atoms with Crippen LogP contribution in [0.2, 0.25) is 0 Å². The summed E-state index contributed by atoms with van der Waals surface area (Å²) < 4.78 is 0. The molecule has 2 aliphatic rings. The number of phenolic OH excluding ortho intramolecular Hbond substituents is 2. The van der Waals surface area contributed by atoms with Gasteiger partial charge in [0.15, 0.2) is 5.75 Å². The number of amides is 1. The highest BCUT2D eigenvalue weighted by molar-refractivity contribution is 6.09. The van der Waals surface area contributed by atoms with E-state index in [9.17, 15) is 15.0 Å². The molecular weight excluding hydrogens is 564 g/mol. The van der Waals surface area contributed by atoms with Crippen molar-refractivity contribution in [2.75, 3.05) is 46.6 Å². The maximum absolute atomic E-state index is 13.0. The van der Waals surface area contributed by atoms with Crippen molar-refractivity contribution in [2.45, 2.75) is 37.0 Å². The van der Waals surface area contributed by atoms with Crippen molar-refractivity contribution in [3.63, 3.8) is 0 Å². The highest BCUT2D eigenvalue weighted by Crippen LogP contribution is 2.32. The van der Waals surface area contributed by atoms with Crippen molar-refractivity contribution in [1.29, 1.82) is 0 Å². The number of benzene rings is 2.